The molecule has 60 heavy (non-hydrogen) atoms. The highest BCUT2D eigenvalue weighted by atomic mass is 32.2. The van der Waals surface area contributed by atoms with Crippen molar-refractivity contribution in [3.05, 3.63) is 40.7 Å². The predicted molar refractivity (Wildman–Crippen MR) is 231 cm³/mol. The van der Waals surface area contributed by atoms with Gasteiger partial charge in [0.25, 0.3) is 6.01 Å². The molecular weight excluding hydrogens is 809 g/mol. The van der Waals surface area contributed by atoms with Crippen molar-refractivity contribution < 1.29 is 37.1 Å². The van der Waals surface area contributed by atoms with Crippen molar-refractivity contribution >= 4 is 56.4 Å². The van der Waals surface area contributed by atoms with Crippen LogP contribution in [-0.2, 0) is 34.7 Å². The van der Waals surface area contributed by atoms with Gasteiger partial charge in [0.15, 0.2) is 0 Å². The maximum atomic E-state index is 14.3. The SMILES string of the molecule is CC(C)n1c(OC2CC(C(N)=O)N(C(=O)C(CCCCCC=CC3CC3C(=O)NS(=O)(=O)N(C)C)NC(=O)OC(C)(C)C)C2)nc2c(-c3csc(C(C)(C)C)n3)cccc21. The predicted octanol–water partition coefficient (Wildman–Crippen LogP) is 5.83. The van der Waals surface area contributed by atoms with Gasteiger partial charge in [0.1, 0.15) is 29.3 Å². The van der Waals surface area contributed by atoms with E-state index in [2.05, 4.69) is 30.8 Å². The standard InChI is InChI=1S/C42H62N8O8S2/c1-25(2)50-32-20-16-18-28(31-24-59-38(44-31)41(3,4)5)34(32)46-39(50)57-27-22-33(35(43)51)49(23-27)37(53)30(45-40(54)58-42(6,7)8)19-15-13-11-12-14-17-26-21-29(26)36(52)47-60(55,56)48(9)10/h14,16-18,20,24-27,29-30,33H,11-13,15,19,21-23H2,1-10H3,(H2,43,51)(H,45,54)(H,47,52). The minimum Gasteiger partial charge on any atom is -0.459 e. The minimum absolute atomic E-state index is 0.0127. The molecule has 3 aromatic rings. The van der Waals surface area contributed by atoms with Crippen LogP contribution in [0.5, 0.6) is 6.01 Å². The van der Waals surface area contributed by atoms with Gasteiger partial charge in [-0.15, -0.1) is 11.3 Å². The maximum Gasteiger partial charge on any atom is 0.408 e. The van der Waals surface area contributed by atoms with Crippen LogP contribution in [0.3, 0.4) is 0 Å². The number of ether oxygens (including phenoxy) is 2. The van der Waals surface area contributed by atoms with Crippen molar-refractivity contribution in [3.63, 3.8) is 0 Å². The number of hydrogen-bond acceptors (Lipinski definition) is 11. The number of carbonyl (C=O) groups excluding carboxylic acids is 4. The molecule has 2 aromatic heterocycles. The Hall–Kier alpha value is -4.55. The van der Waals surface area contributed by atoms with Crippen molar-refractivity contribution in [2.75, 3.05) is 20.6 Å². The fourth-order valence-electron chi connectivity index (χ4n) is 7.16. The molecule has 1 aliphatic carbocycles. The average Bonchev–Trinajstić information content (AvgIpc) is 3.42. The summed E-state index contributed by atoms with van der Waals surface area (Å²) in [6.45, 7) is 15.7. The summed E-state index contributed by atoms with van der Waals surface area (Å²) in [5, 5.41) is 5.81. The van der Waals surface area contributed by atoms with Gasteiger partial charge in [-0.2, -0.15) is 17.7 Å². The third-order valence-corrected chi connectivity index (χ3v) is 13.1. The molecule has 1 saturated carbocycles. The molecule has 1 aliphatic heterocycles. The Kier molecular flexibility index (Phi) is 14.4. The van der Waals surface area contributed by atoms with Crippen molar-refractivity contribution in [1.82, 2.24) is 33.8 Å². The zero-order valence-corrected chi connectivity index (χ0v) is 38.1. The first kappa shape index (κ1) is 46.5. The summed E-state index contributed by atoms with van der Waals surface area (Å²) in [5.74, 6) is -2.02. The second kappa shape index (κ2) is 18.6. The van der Waals surface area contributed by atoms with Gasteiger partial charge in [-0.05, 0) is 72.3 Å². The summed E-state index contributed by atoms with van der Waals surface area (Å²) >= 11 is 1.61. The number of nitrogens with one attached hydrogen (secondary N) is 2. The molecule has 0 radical (unpaired) electrons. The number of hydrogen-bond donors (Lipinski definition) is 3. The Morgan fingerprint density at radius 2 is 1.77 bits per heavy atom. The summed E-state index contributed by atoms with van der Waals surface area (Å²) in [5.41, 5.74) is 8.31. The Bertz CT molecular complexity index is 2180. The number of allylic oxidation sites excluding steroid dienone is 2. The van der Waals surface area contributed by atoms with Crippen molar-refractivity contribution in [1.29, 1.82) is 0 Å². The lowest BCUT2D eigenvalue weighted by atomic mass is 9.98. The lowest BCUT2D eigenvalue weighted by Crippen LogP contribution is -2.53. The summed E-state index contributed by atoms with van der Waals surface area (Å²) in [7, 11) is -1.11. The molecule has 0 bridgehead atoms. The van der Waals surface area contributed by atoms with E-state index in [1.807, 2.05) is 54.1 Å². The third-order valence-electron chi connectivity index (χ3n) is 10.4. The van der Waals surface area contributed by atoms with Crippen LogP contribution in [0.2, 0.25) is 0 Å². The van der Waals surface area contributed by atoms with Crippen LogP contribution >= 0.6 is 11.3 Å². The number of unbranched alkanes of at least 4 members (excludes halogenated alkanes) is 3. The molecule has 5 unspecified atom stereocenters. The van der Waals surface area contributed by atoms with E-state index in [1.165, 1.54) is 19.0 Å². The van der Waals surface area contributed by atoms with E-state index in [1.54, 1.807) is 32.1 Å². The van der Waals surface area contributed by atoms with E-state index in [4.69, 9.17) is 25.2 Å². The van der Waals surface area contributed by atoms with Crippen LogP contribution in [0.25, 0.3) is 22.3 Å². The number of fused-ring (bicyclic) bond motifs is 1. The van der Waals surface area contributed by atoms with E-state index in [0.29, 0.717) is 25.3 Å². The fourth-order valence-corrected chi connectivity index (χ4v) is 8.66. The van der Waals surface area contributed by atoms with Crippen LogP contribution in [0, 0.1) is 11.8 Å². The van der Waals surface area contributed by atoms with Crippen LogP contribution in [0.4, 0.5) is 4.79 Å². The second-order valence-electron chi connectivity index (χ2n) is 18.2. The van der Waals surface area contributed by atoms with Crippen molar-refractivity contribution in [2.24, 2.45) is 17.6 Å². The Morgan fingerprint density at radius 1 is 1.05 bits per heavy atom. The van der Waals surface area contributed by atoms with Crippen molar-refractivity contribution in [3.8, 4) is 17.3 Å². The number of nitrogens with two attached hydrogens (primary N) is 1. The number of primary amides is 1. The van der Waals surface area contributed by atoms with Gasteiger partial charge in [0.05, 0.1) is 22.8 Å². The van der Waals surface area contributed by atoms with Gasteiger partial charge in [-0.3, -0.25) is 19.0 Å². The summed E-state index contributed by atoms with van der Waals surface area (Å²) in [6.07, 6.45) is 6.42. The molecule has 3 heterocycles. The van der Waals surface area contributed by atoms with E-state index < -0.39 is 57.8 Å². The smallest absolute Gasteiger partial charge is 0.408 e. The lowest BCUT2D eigenvalue weighted by Gasteiger charge is -2.28. The van der Waals surface area contributed by atoms with E-state index in [-0.39, 0.29) is 36.3 Å². The molecule has 4 N–H and O–H groups in total. The van der Waals surface area contributed by atoms with E-state index >= 15 is 0 Å². The number of imidazole rings is 1. The molecule has 16 nitrogen and oxygen atoms in total. The lowest BCUT2D eigenvalue weighted by molar-refractivity contribution is -0.139. The van der Waals surface area contributed by atoms with Crippen LogP contribution in [0.15, 0.2) is 35.7 Å². The summed E-state index contributed by atoms with van der Waals surface area (Å²) in [6, 6.07) is 4.33. The molecule has 18 heteroatoms. The fraction of sp³-hybridized carbons (Fsp3) is 0.619. The van der Waals surface area contributed by atoms with Gasteiger partial charge >= 0.3 is 16.3 Å². The number of thiazole rings is 1. The first-order valence-corrected chi connectivity index (χ1v) is 22.9. The normalized spacial score (nSPS) is 20.2. The minimum atomic E-state index is -3.83. The molecule has 5 atom stereocenters. The van der Waals surface area contributed by atoms with Crippen LogP contribution in [-0.4, -0.2) is 100 Å². The number of rotatable bonds is 17. The molecule has 5 rings (SSSR count). The largest absolute Gasteiger partial charge is 0.459 e. The van der Waals surface area contributed by atoms with Gasteiger partial charge in [0, 0.05) is 48.8 Å². The van der Waals surface area contributed by atoms with Crippen molar-refractivity contribution in [2.45, 2.75) is 136 Å². The quantitative estimate of drug-likeness (QED) is 0.109. The van der Waals surface area contributed by atoms with Gasteiger partial charge in [-0.25, -0.2) is 14.5 Å². The molecular formula is C42H62N8O8S2. The van der Waals surface area contributed by atoms with E-state index in [0.717, 1.165) is 50.9 Å². The first-order chi connectivity index (χ1) is 28.0. The summed E-state index contributed by atoms with van der Waals surface area (Å²) in [4.78, 5) is 63.8. The number of alkyl carbamates (subject to hydrolysis) is 1. The average molecular weight is 871 g/mol. The highest BCUT2D eigenvalue weighted by Gasteiger charge is 2.44. The maximum absolute atomic E-state index is 14.3. The zero-order chi connectivity index (χ0) is 44.3. The molecule has 2 fully saturated rings. The van der Waals surface area contributed by atoms with E-state index in [9.17, 15) is 27.6 Å². The number of aromatic nitrogens is 3. The number of amides is 4. The first-order valence-electron chi connectivity index (χ1n) is 20.6. The Labute approximate surface area is 357 Å². The van der Waals surface area contributed by atoms with Crippen LogP contribution < -0.4 is 20.5 Å². The molecule has 1 saturated heterocycles. The molecule has 1 aromatic carbocycles. The monoisotopic (exact) mass is 870 g/mol. The third kappa shape index (κ3) is 11.6. The highest BCUT2D eigenvalue weighted by molar-refractivity contribution is 7.87. The number of benzene rings is 1. The number of nitrogens with zero attached hydrogens (tertiary/aromatic N) is 5. The Balaban J connectivity index is 1.25. The van der Waals surface area contributed by atoms with Gasteiger partial charge in [0.2, 0.25) is 17.7 Å². The Morgan fingerprint density at radius 3 is 2.38 bits per heavy atom. The van der Waals surface area contributed by atoms with Gasteiger partial charge < -0.3 is 25.4 Å². The second-order valence-corrected chi connectivity index (χ2v) is 21.0. The zero-order valence-electron chi connectivity index (χ0n) is 36.5. The van der Waals surface area contributed by atoms with Crippen LogP contribution in [0.1, 0.15) is 111 Å². The number of carbonyl (C=O) groups is 4. The molecule has 4 amide bonds. The highest BCUT2D eigenvalue weighted by Crippen LogP contribution is 2.40. The summed E-state index contributed by atoms with van der Waals surface area (Å²) < 4.78 is 41.1. The van der Waals surface area contributed by atoms with Gasteiger partial charge in [-0.1, -0.05) is 57.9 Å². The number of para-hydroxylation sites is 1. The number of likely N-dealkylation sites (tertiary alicyclic amines) is 1. The topological polar surface area (TPSA) is 208 Å². The molecule has 0 spiro atoms. The molecule has 330 valence electrons. The molecule has 2 aliphatic rings.